The Morgan fingerprint density at radius 1 is 1.30 bits per heavy atom. The van der Waals surface area contributed by atoms with Crippen molar-refractivity contribution in [1.82, 2.24) is 9.80 Å². The Morgan fingerprint density at radius 2 is 1.85 bits per heavy atom. The number of hydrogen-bond donors (Lipinski definition) is 2. The molecule has 1 heterocycles. The molecule has 0 spiro atoms. The van der Waals surface area contributed by atoms with Gasteiger partial charge in [0.05, 0.1) is 0 Å². The number of carboxylic acid groups (broad SMARTS) is 1. The van der Waals surface area contributed by atoms with Gasteiger partial charge in [-0.15, -0.1) is 0 Å². The molecule has 1 aliphatic heterocycles. The Labute approximate surface area is 119 Å². The molecule has 0 aliphatic carbocycles. The van der Waals surface area contributed by atoms with Crippen LogP contribution in [0.4, 0.5) is 0 Å². The second kappa shape index (κ2) is 6.24. The lowest BCUT2D eigenvalue weighted by molar-refractivity contribution is -0.144. The van der Waals surface area contributed by atoms with E-state index in [1.54, 1.807) is 12.1 Å². The average Bonchev–Trinajstić information content (AvgIpc) is 2.41. The number of aromatic hydroxyl groups is 1. The highest BCUT2D eigenvalue weighted by Crippen LogP contribution is 2.27. The average molecular weight is 278 g/mol. The number of hydrogen-bond acceptors (Lipinski definition) is 4. The van der Waals surface area contributed by atoms with E-state index in [1.807, 2.05) is 11.9 Å². The fourth-order valence-corrected chi connectivity index (χ4v) is 2.82. The van der Waals surface area contributed by atoms with E-state index in [9.17, 15) is 15.0 Å². The Bertz CT molecular complexity index is 453. The van der Waals surface area contributed by atoms with Gasteiger partial charge in [-0.25, -0.2) is 0 Å². The topological polar surface area (TPSA) is 64.0 Å². The zero-order valence-corrected chi connectivity index (χ0v) is 12.0. The van der Waals surface area contributed by atoms with Gasteiger partial charge in [0.25, 0.3) is 0 Å². The van der Waals surface area contributed by atoms with Gasteiger partial charge in [-0.1, -0.05) is 12.1 Å². The van der Waals surface area contributed by atoms with E-state index >= 15 is 0 Å². The summed E-state index contributed by atoms with van der Waals surface area (Å²) in [4.78, 5) is 15.8. The summed E-state index contributed by atoms with van der Waals surface area (Å²) < 4.78 is 0. The minimum atomic E-state index is -0.850. The van der Waals surface area contributed by atoms with Gasteiger partial charge in [0.2, 0.25) is 0 Å². The van der Waals surface area contributed by atoms with Crippen molar-refractivity contribution in [2.24, 2.45) is 0 Å². The first-order valence-corrected chi connectivity index (χ1v) is 6.91. The van der Waals surface area contributed by atoms with Crippen molar-refractivity contribution in [3.8, 4) is 5.75 Å². The van der Waals surface area contributed by atoms with Crippen molar-refractivity contribution in [3.63, 3.8) is 0 Å². The highest BCUT2D eigenvalue weighted by molar-refractivity contribution is 5.75. The lowest BCUT2D eigenvalue weighted by Crippen LogP contribution is -2.45. The molecule has 0 saturated carbocycles. The van der Waals surface area contributed by atoms with E-state index < -0.39 is 12.0 Å². The molecule has 1 aromatic rings. The Hall–Kier alpha value is -1.59. The number of carboxylic acids is 1. The van der Waals surface area contributed by atoms with Gasteiger partial charge in [-0.3, -0.25) is 9.69 Å². The van der Waals surface area contributed by atoms with Crippen molar-refractivity contribution in [2.75, 3.05) is 27.2 Å². The number of rotatable bonds is 4. The van der Waals surface area contributed by atoms with Gasteiger partial charge in [-0.2, -0.15) is 0 Å². The van der Waals surface area contributed by atoms with Crippen molar-refractivity contribution in [2.45, 2.75) is 24.9 Å². The molecule has 20 heavy (non-hydrogen) atoms. The van der Waals surface area contributed by atoms with Crippen LogP contribution >= 0.6 is 0 Å². The molecule has 1 unspecified atom stereocenters. The molecular weight excluding hydrogens is 256 g/mol. The van der Waals surface area contributed by atoms with Gasteiger partial charge >= 0.3 is 5.97 Å². The van der Waals surface area contributed by atoms with Crippen molar-refractivity contribution < 1.29 is 15.0 Å². The largest absolute Gasteiger partial charge is 0.508 e. The maximum absolute atomic E-state index is 11.6. The van der Waals surface area contributed by atoms with Crippen LogP contribution in [0.1, 0.15) is 24.4 Å². The van der Waals surface area contributed by atoms with Gasteiger partial charge in [-0.05, 0) is 57.7 Å². The van der Waals surface area contributed by atoms with Gasteiger partial charge < -0.3 is 15.1 Å². The maximum atomic E-state index is 11.6. The molecular formula is C15H22N2O3. The van der Waals surface area contributed by atoms with E-state index in [4.69, 9.17) is 0 Å². The third-order valence-corrected chi connectivity index (χ3v) is 4.11. The number of likely N-dealkylation sites (N-methyl/N-ethyl adjacent to an activating group) is 1. The van der Waals surface area contributed by atoms with E-state index in [1.165, 1.54) is 12.1 Å². The molecule has 0 bridgehead atoms. The van der Waals surface area contributed by atoms with Crippen LogP contribution in [0.15, 0.2) is 24.3 Å². The highest BCUT2D eigenvalue weighted by atomic mass is 16.4. The quantitative estimate of drug-likeness (QED) is 0.875. The van der Waals surface area contributed by atoms with E-state index in [-0.39, 0.29) is 11.8 Å². The number of phenolic OH excluding ortho intramolecular Hbond substituents is 1. The lowest BCUT2D eigenvalue weighted by atomic mass is 9.98. The zero-order valence-electron chi connectivity index (χ0n) is 12.0. The van der Waals surface area contributed by atoms with E-state index in [0.29, 0.717) is 5.56 Å². The molecule has 0 aromatic heterocycles. The number of phenols is 1. The molecule has 1 aromatic carbocycles. The minimum Gasteiger partial charge on any atom is -0.508 e. The number of benzene rings is 1. The molecule has 1 saturated heterocycles. The fraction of sp³-hybridized carbons (Fsp3) is 0.533. The Kier molecular flexibility index (Phi) is 4.62. The second-order valence-corrected chi connectivity index (χ2v) is 5.53. The van der Waals surface area contributed by atoms with Crippen molar-refractivity contribution in [3.05, 3.63) is 29.8 Å². The first kappa shape index (κ1) is 14.8. The third-order valence-electron chi connectivity index (χ3n) is 4.11. The normalized spacial score (nSPS) is 19.1. The Balaban J connectivity index is 2.16. The van der Waals surface area contributed by atoms with Crippen LogP contribution in [0.2, 0.25) is 0 Å². The summed E-state index contributed by atoms with van der Waals surface area (Å²) in [5.41, 5.74) is 0.705. The first-order chi connectivity index (χ1) is 9.49. The highest BCUT2D eigenvalue weighted by Gasteiger charge is 2.31. The zero-order chi connectivity index (χ0) is 14.7. The van der Waals surface area contributed by atoms with Crippen LogP contribution in [0.3, 0.4) is 0 Å². The first-order valence-electron chi connectivity index (χ1n) is 6.91. The smallest absolute Gasteiger partial charge is 0.325 e. The Morgan fingerprint density at radius 3 is 2.35 bits per heavy atom. The number of aliphatic carboxylic acids is 1. The van der Waals surface area contributed by atoms with Crippen LogP contribution in [0, 0.1) is 0 Å². The summed E-state index contributed by atoms with van der Waals surface area (Å²) in [5.74, 6) is -0.697. The SMILES string of the molecule is CN1CCC(N(C)C(C(=O)O)c2ccc(O)cc2)CC1. The van der Waals surface area contributed by atoms with Crippen molar-refractivity contribution in [1.29, 1.82) is 0 Å². The monoisotopic (exact) mass is 278 g/mol. The predicted octanol–water partition coefficient (Wildman–Crippen LogP) is 1.54. The summed E-state index contributed by atoms with van der Waals surface area (Å²) in [6, 6.07) is 6.05. The molecule has 110 valence electrons. The van der Waals surface area contributed by atoms with Crippen LogP contribution in [0.5, 0.6) is 5.75 Å². The number of carbonyl (C=O) groups is 1. The van der Waals surface area contributed by atoms with Crippen molar-refractivity contribution >= 4 is 5.97 Å². The van der Waals surface area contributed by atoms with Gasteiger partial charge in [0.1, 0.15) is 11.8 Å². The van der Waals surface area contributed by atoms with E-state index in [2.05, 4.69) is 11.9 Å². The summed E-state index contributed by atoms with van der Waals surface area (Å²) in [6.07, 6.45) is 1.96. The maximum Gasteiger partial charge on any atom is 0.325 e. The molecule has 1 atom stereocenters. The molecule has 5 heteroatoms. The minimum absolute atomic E-state index is 0.153. The van der Waals surface area contributed by atoms with Gasteiger partial charge in [0, 0.05) is 6.04 Å². The molecule has 0 radical (unpaired) electrons. The summed E-state index contributed by atoms with van der Waals surface area (Å²) >= 11 is 0. The van der Waals surface area contributed by atoms with Gasteiger partial charge in [0.15, 0.2) is 0 Å². The number of likely N-dealkylation sites (tertiary alicyclic amines) is 1. The van der Waals surface area contributed by atoms with Crippen LogP contribution in [-0.4, -0.2) is 59.2 Å². The standard InChI is InChI=1S/C15H22N2O3/c1-16-9-7-12(8-10-16)17(2)14(15(19)20)11-3-5-13(18)6-4-11/h3-6,12,14,18H,7-10H2,1-2H3,(H,19,20). The number of piperidine rings is 1. The third kappa shape index (κ3) is 3.29. The lowest BCUT2D eigenvalue weighted by Gasteiger charge is -2.38. The van der Waals surface area contributed by atoms with Crippen LogP contribution in [-0.2, 0) is 4.79 Å². The molecule has 2 rings (SSSR count). The molecule has 1 fully saturated rings. The summed E-state index contributed by atoms with van der Waals surface area (Å²) in [5, 5.41) is 18.9. The molecule has 0 amide bonds. The second-order valence-electron chi connectivity index (χ2n) is 5.53. The van der Waals surface area contributed by atoms with Crippen LogP contribution in [0.25, 0.3) is 0 Å². The molecule has 1 aliphatic rings. The summed E-state index contributed by atoms with van der Waals surface area (Å²) in [6.45, 7) is 1.99. The molecule has 2 N–H and O–H groups in total. The summed E-state index contributed by atoms with van der Waals surface area (Å²) in [7, 11) is 3.96. The predicted molar refractivity (Wildman–Crippen MR) is 76.8 cm³/mol. The fourth-order valence-electron chi connectivity index (χ4n) is 2.82. The molecule has 5 nitrogen and oxygen atoms in total. The van der Waals surface area contributed by atoms with E-state index in [0.717, 1.165) is 25.9 Å². The number of nitrogens with zero attached hydrogens (tertiary/aromatic N) is 2. The van der Waals surface area contributed by atoms with Crippen LogP contribution < -0.4 is 0 Å².